The number of thiophene rings is 1. The second-order valence-electron chi connectivity index (χ2n) is 5.66. The molecule has 0 radical (unpaired) electrons. The van der Waals surface area contributed by atoms with Gasteiger partial charge in [-0.1, -0.05) is 0 Å². The maximum Gasteiger partial charge on any atom is 0.239 e. The molecule has 0 spiro atoms. The van der Waals surface area contributed by atoms with Crippen molar-refractivity contribution >= 4 is 39.2 Å². The minimum Gasteiger partial charge on any atom is -0.368 e. The van der Waals surface area contributed by atoms with Gasteiger partial charge in [0.15, 0.2) is 0 Å². The van der Waals surface area contributed by atoms with Gasteiger partial charge in [-0.05, 0) is 33.8 Å². The van der Waals surface area contributed by atoms with Crippen LogP contribution in [0.15, 0.2) is 6.07 Å². The second-order valence-corrected chi connectivity index (χ2v) is 6.89. The van der Waals surface area contributed by atoms with Crippen LogP contribution in [0, 0.1) is 6.92 Å². The highest BCUT2D eigenvalue weighted by Gasteiger charge is 2.15. The summed E-state index contributed by atoms with van der Waals surface area (Å²) in [5.41, 5.74) is 5.43. The van der Waals surface area contributed by atoms with Gasteiger partial charge in [-0.2, -0.15) is 4.98 Å². The molecular weight excluding hydrogens is 274 g/mol. The average Bonchev–Trinajstić information content (AvgIpc) is 2.63. The summed E-state index contributed by atoms with van der Waals surface area (Å²) in [5.74, 6) is 0.716. The molecule has 7 heteroatoms. The molecule has 4 N–H and O–H groups in total. The number of carbonyl (C=O) groups is 1. The molecular formula is C13H19N5OS. The Balaban J connectivity index is 2.15. The summed E-state index contributed by atoms with van der Waals surface area (Å²) in [6.07, 6.45) is 0. The van der Waals surface area contributed by atoms with E-state index in [1.165, 1.54) is 0 Å². The fraction of sp³-hybridized carbons (Fsp3) is 0.462. The summed E-state index contributed by atoms with van der Waals surface area (Å²) in [7, 11) is 0. The molecule has 108 valence electrons. The number of nitrogen functional groups attached to an aromatic ring is 1. The van der Waals surface area contributed by atoms with E-state index in [1.54, 1.807) is 11.3 Å². The number of hydrogen-bond acceptors (Lipinski definition) is 6. The Hall–Kier alpha value is -1.89. The van der Waals surface area contributed by atoms with Crippen molar-refractivity contribution in [3.05, 3.63) is 10.9 Å². The molecule has 0 aliphatic heterocycles. The Morgan fingerprint density at radius 3 is 2.75 bits per heavy atom. The van der Waals surface area contributed by atoms with Gasteiger partial charge in [0.05, 0.1) is 11.9 Å². The van der Waals surface area contributed by atoms with E-state index >= 15 is 0 Å². The Labute approximate surface area is 121 Å². The van der Waals surface area contributed by atoms with Crippen LogP contribution in [0.5, 0.6) is 0 Å². The predicted octanol–water partition coefficient (Wildman–Crippen LogP) is 1.91. The molecule has 2 aromatic rings. The van der Waals surface area contributed by atoms with Crippen LogP contribution in [-0.2, 0) is 4.79 Å². The smallest absolute Gasteiger partial charge is 0.239 e. The molecule has 2 aromatic heterocycles. The standard InChI is InChI=1S/C13H19N5OS/c1-7-5-8-10(16-12(14)17-11(8)20-7)15-6-9(19)18-13(2,3)4/h5H,6H2,1-4H3,(H,18,19)(H3,14,15,16,17). The lowest BCUT2D eigenvalue weighted by Crippen LogP contribution is -2.43. The Morgan fingerprint density at radius 2 is 2.10 bits per heavy atom. The molecule has 1 amide bonds. The van der Waals surface area contributed by atoms with E-state index in [1.807, 2.05) is 33.8 Å². The van der Waals surface area contributed by atoms with E-state index in [0.29, 0.717) is 5.82 Å². The van der Waals surface area contributed by atoms with Crippen LogP contribution >= 0.6 is 11.3 Å². The van der Waals surface area contributed by atoms with E-state index in [-0.39, 0.29) is 23.9 Å². The van der Waals surface area contributed by atoms with Crippen molar-refractivity contribution in [3.8, 4) is 0 Å². The molecule has 0 aliphatic carbocycles. The summed E-state index contributed by atoms with van der Waals surface area (Å²) >= 11 is 1.55. The summed E-state index contributed by atoms with van der Waals surface area (Å²) in [6.45, 7) is 7.96. The van der Waals surface area contributed by atoms with E-state index in [0.717, 1.165) is 15.1 Å². The highest BCUT2D eigenvalue weighted by atomic mass is 32.1. The lowest BCUT2D eigenvalue weighted by Gasteiger charge is -2.20. The van der Waals surface area contributed by atoms with E-state index in [9.17, 15) is 4.79 Å². The van der Waals surface area contributed by atoms with Crippen molar-refractivity contribution in [3.63, 3.8) is 0 Å². The highest BCUT2D eigenvalue weighted by molar-refractivity contribution is 7.18. The summed E-state index contributed by atoms with van der Waals surface area (Å²) in [6, 6.07) is 1.99. The van der Waals surface area contributed by atoms with Crippen molar-refractivity contribution in [2.24, 2.45) is 0 Å². The Kier molecular flexibility index (Phi) is 3.80. The molecule has 2 heterocycles. The van der Waals surface area contributed by atoms with Crippen LogP contribution in [-0.4, -0.2) is 28.0 Å². The number of nitrogens with two attached hydrogens (primary N) is 1. The maximum atomic E-state index is 11.8. The molecule has 0 saturated carbocycles. The monoisotopic (exact) mass is 293 g/mol. The van der Waals surface area contributed by atoms with E-state index < -0.39 is 0 Å². The first-order valence-electron chi connectivity index (χ1n) is 6.33. The third-order valence-corrected chi connectivity index (χ3v) is 3.41. The van der Waals surface area contributed by atoms with Crippen molar-refractivity contribution in [2.45, 2.75) is 33.2 Å². The van der Waals surface area contributed by atoms with Gasteiger partial charge in [0.2, 0.25) is 11.9 Å². The number of aromatic nitrogens is 2. The minimum absolute atomic E-state index is 0.0882. The predicted molar refractivity (Wildman–Crippen MR) is 82.9 cm³/mol. The zero-order valence-electron chi connectivity index (χ0n) is 12.1. The number of carbonyl (C=O) groups excluding carboxylic acids is 1. The molecule has 6 nitrogen and oxygen atoms in total. The van der Waals surface area contributed by atoms with Crippen molar-refractivity contribution < 1.29 is 4.79 Å². The number of hydrogen-bond donors (Lipinski definition) is 3. The molecule has 2 rings (SSSR count). The normalized spacial score (nSPS) is 11.6. The molecule has 0 bridgehead atoms. The minimum atomic E-state index is -0.252. The van der Waals surface area contributed by atoms with Crippen LogP contribution in [0.3, 0.4) is 0 Å². The van der Waals surface area contributed by atoms with Gasteiger partial charge in [0.1, 0.15) is 10.6 Å². The Bertz CT molecular complexity index is 644. The summed E-state index contributed by atoms with van der Waals surface area (Å²) in [5, 5.41) is 6.81. The number of nitrogens with zero attached hydrogens (tertiary/aromatic N) is 2. The van der Waals surface area contributed by atoms with Crippen molar-refractivity contribution in [1.29, 1.82) is 0 Å². The van der Waals surface area contributed by atoms with Crippen LogP contribution in [0.4, 0.5) is 11.8 Å². The summed E-state index contributed by atoms with van der Waals surface area (Å²) in [4.78, 5) is 22.1. The number of rotatable bonds is 3. The third kappa shape index (κ3) is 3.57. The molecule has 0 fully saturated rings. The number of fused-ring (bicyclic) bond motifs is 1. The van der Waals surface area contributed by atoms with Crippen LogP contribution in [0.1, 0.15) is 25.6 Å². The first kappa shape index (κ1) is 14.5. The fourth-order valence-corrected chi connectivity index (χ4v) is 2.71. The molecule has 0 unspecified atom stereocenters. The first-order valence-corrected chi connectivity index (χ1v) is 7.15. The van der Waals surface area contributed by atoms with Gasteiger partial charge < -0.3 is 16.4 Å². The number of aryl methyl sites for hydroxylation is 1. The summed E-state index contributed by atoms with van der Waals surface area (Å²) < 4.78 is 0. The highest BCUT2D eigenvalue weighted by Crippen LogP contribution is 2.28. The molecule has 20 heavy (non-hydrogen) atoms. The molecule has 0 aliphatic rings. The van der Waals surface area contributed by atoms with E-state index in [4.69, 9.17) is 5.73 Å². The largest absolute Gasteiger partial charge is 0.368 e. The number of amides is 1. The topological polar surface area (TPSA) is 92.9 Å². The van der Waals surface area contributed by atoms with Crippen LogP contribution < -0.4 is 16.4 Å². The SMILES string of the molecule is Cc1cc2c(NCC(=O)NC(C)(C)C)nc(N)nc2s1. The first-order chi connectivity index (χ1) is 9.24. The average molecular weight is 293 g/mol. The van der Waals surface area contributed by atoms with Crippen LogP contribution in [0.25, 0.3) is 10.2 Å². The van der Waals surface area contributed by atoms with Gasteiger partial charge >= 0.3 is 0 Å². The number of anilines is 2. The van der Waals surface area contributed by atoms with Gasteiger partial charge in [-0.25, -0.2) is 4.98 Å². The lowest BCUT2D eigenvalue weighted by atomic mass is 10.1. The second kappa shape index (κ2) is 5.24. The van der Waals surface area contributed by atoms with Crippen LogP contribution in [0.2, 0.25) is 0 Å². The lowest BCUT2D eigenvalue weighted by molar-refractivity contribution is -0.120. The molecule has 0 aromatic carbocycles. The zero-order chi connectivity index (χ0) is 14.9. The van der Waals surface area contributed by atoms with Crippen molar-refractivity contribution in [2.75, 3.05) is 17.6 Å². The maximum absolute atomic E-state index is 11.8. The van der Waals surface area contributed by atoms with E-state index in [2.05, 4.69) is 20.6 Å². The quantitative estimate of drug-likeness (QED) is 0.804. The zero-order valence-corrected chi connectivity index (χ0v) is 12.9. The van der Waals surface area contributed by atoms with Gasteiger partial charge in [0.25, 0.3) is 0 Å². The third-order valence-electron chi connectivity index (χ3n) is 2.46. The Morgan fingerprint density at radius 1 is 1.40 bits per heavy atom. The molecule has 0 saturated heterocycles. The fourth-order valence-electron chi connectivity index (χ4n) is 1.82. The van der Waals surface area contributed by atoms with Gasteiger partial charge in [-0.15, -0.1) is 11.3 Å². The van der Waals surface area contributed by atoms with Gasteiger partial charge in [0, 0.05) is 10.4 Å². The molecule has 0 atom stereocenters. The van der Waals surface area contributed by atoms with Crippen molar-refractivity contribution in [1.82, 2.24) is 15.3 Å². The number of nitrogens with one attached hydrogen (secondary N) is 2. The van der Waals surface area contributed by atoms with Gasteiger partial charge in [-0.3, -0.25) is 4.79 Å².